The Morgan fingerprint density at radius 1 is 1.22 bits per heavy atom. The first-order chi connectivity index (χ1) is 8.74. The molecule has 0 spiro atoms. The van der Waals surface area contributed by atoms with Crippen molar-refractivity contribution in [3.05, 3.63) is 36.0 Å². The van der Waals surface area contributed by atoms with Gasteiger partial charge in [0.25, 0.3) is 0 Å². The van der Waals surface area contributed by atoms with Crippen LogP contribution in [0.15, 0.2) is 30.5 Å². The SMILES string of the molecule is CN1CCC(c2ccc3nccc(N)c3c2)CC1. The number of hydrogen-bond acceptors (Lipinski definition) is 3. The van der Waals surface area contributed by atoms with Gasteiger partial charge in [-0.15, -0.1) is 0 Å². The Morgan fingerprint density at radius 3 is 2.78 bits per heavy atom. The Hall–Kier alpha value is -1.61. The molecule has 1 aromatic carbocycles. The Morgan fingerprint density at radius 2 is 2.00 bits per heavy atom. The number of piperidine rings is 1. The first-order valence-corrected chi connectivity index (χ1v) is 6.57. The molecule has 0 radical (unpaired) electrons. The maximum Gasteiger partial charge on any atom is 0.0722 e. The number of fused-ring (bicyclic) bond motifs is 1. The van der Waals surface area contributed by atoms with Crippen molar-refractivity contribution in [1.82, 2.24) is 9.88 Å². The third-order valence-electron chi connectivity index (χ3n) is 3.99. The van der Waals surface area contributed by atoms with Gasteiger partial charge in [-0.3, -0.25) is 4.98 Å². The standard InChI is InChI=1S/C15H19N3/c1-18-8-5-11(6-9-18)12-2-3-15-13(10-12)14(16)4-7-17-15/h2-4,7,10-11H,5-6,8-9H2,1H3,(H2,16,17). The van der Waals surface area contributed by atoms with Crippen LogP contribution in [0, 0.1) is 0 Å². The molecule has 18 heavy (non-hydrogen) atoms. The van der Waals surface area contributed by atoms with Gasteiger partial charge in [-0.1, -0.05) is 6.07 Å². The quantitative estimate of drug-likeness (QED) is 0.834. The van der Waals surface area contributed by atoms with E-state index in [0.717, 1.165) is 16.6 Å². The van der Waals surface area contributed by atoms with Crippen LogP contribution in [0.2, 0.25) is 0 Å². The van der Waals surface area contributed by atoms with Gasteiger partial charge in [0.05, 0.1) is 5.52 Å². The van der Waals surface area contributed by atoms with E-state index < -0.39 is 0 Å². The van der Waals surface area contributed by atoms with Crippen LogP contribution >= 0.6 is 0 Å². The van der Waals surface area contributed by atoms with Crippen molar-refractivity contribution in [2.45, 2.75) is 18.8 Å². The van der Waals surface area contributed by atoms with E-state index in [1.54, 1.807) is 6.20 Å². The fourth-order valence-electron chi connectivity index (χ4n) is 2.78. The van der Waals surface area contributed by atoms with Crippen molar-refractivity contribution >= 4 is 16.6 Å². The van der Waals surface area contributed by atoms with Crippen LogP contribution < -0.4 is 5.73 Å². The molecule has 1 fully saturated rings. The van der Waals surface area contributed by atoms with E-state index in [2.05, 4.69) is 35.1 Å². The zero-order valence-electron chi connectivity index (χ0n) is 10.8. The summed E-state index contributed by atoms with van der Waals surface area (Å²) in [7, 11) is 2.19. The maximum absolute atomic E-state index is 6.03. The second-order valence-corrected chi connectivity index (χ2v) is 5.25. The zero-order chi connectivity index (χ0) is 12.5. The van der Waals surface area contributed by atoms with E-state index in [0.29, 0.717) is 5.92 Å². The second-order valence-electron chi connectivity index (χ2n) is 5.25. The molecule has 0 atom stereocenters. The van der Waals surface area contributed by atoms with Gasteiger partial charge in [0, 0.05) is 17.3 Å². The molecule has 1 aliphatic rings. The molecule has 2 aromatic rings. The molecule has 3 nitrogen and oxygen atoms in total. The van der Waals surface area contributed by atoms with Crippen LogP contribution in [0.25, 0.3) is 10.9 Å². The van der Waals surface area contributed by atoms with Gasteiger partial charge in [0.1, 0.15) is 0 Å². The smallest absolute Gasteiger partial charge is 0.0722 e. The third-order valence-corrected chi connectivity index (χ3v) is 3.99. The van der Waals surface area contributed by atoms with Gasteiger partial charge >= 0.3 is 0 Å². The Kier molecular flexibility index (Phi) is 2.92. The van der Waals surface area contributed by atoms with Crippen LogP contribution in [0.1, 0.15) is 24.3 Å². The second kappa shape index (κ2) is 4.58. The lowest BCUT2D eigenvalue weighted by atomic mass is 9.89. The van der Waals surface area contributed by atoms with Crippen LogP contribution in [0.3, 0.4) is 0 Å². The summed E-state index contributed by atoms with van der Waals surface area (Å²) in [6, 6.07) is 8.42. The molecular weight excluding hydrogens is 222 g/mol. The summed E-state index contributed by atoms with van der Waals surface area (Å²) in [5.41, 5.74) is 9.26. The highest BCUT2D eigenvalue weighted by Gasteiger charge is 2.18. The van der Waals surface area contributed by atoms with E-state index in [4.69, 9.17) is 5.73 Å². The molecule has 2 N–H and O–H groups in total. The number of nitrogens with zero attached hydrogens (tertiary/aromatic N) is 2. The molecule has 3 heteroatoms. The zero-order valence-corrected chi connectivity index (χ0v) is 10.8. The van der Waals surface area contributed by atoms with Crippen molar-refractivity contribution in [1.29, 1.82) is 0 Å². The van der Waals surface area contributed by atoms with Gasteiger partial charge in [0.2, 0.25) is 0 Å². The number of rotatable bonds is 1. The summed E-state index contributed by atoms with van der Waals surface area (Å²) in [5, 5.41) is 1.09. The number of aromatic nitrogens is 1. The topological polar surface area (TPSA) is 42.2 Å². The molecule has 2 heterocycles. The average molecular weight is 241 g/mol. The number of nitrogen functional groups attached to an aromatic ring is 1. The first-order valence-electron chi connectivity index (χ1n) is 6.57. The van der Waals surface area contributed by atoms with E-state index in [9.17, 15) is 0 Å². The summed E-state index contributed by atoms with van der Waals surface area (Å²) in [6.45, 7) is 2.37. The van der Waals surface area contributed by atoms with Gasteiger partial charge < -0.3 is 10.6 Å². The first kappa shape index (κ1) is 11.5. The molecule has 1 aliphatic heterocycles. The molecule has 94 valence electrons. The van der Waals surface area contributed by atoms with Crippen molar-refractivity contribution in [3.63, 3.8) is 0 Å². The van der Waals surface area contributed by atoms with Crippen LogP contribution in [0.5, 0.6) is 0 Å². The molecule has 3 rings (SSSR count). The minimum Gasteiger partial charge on any atom is -0.398 e. The van der Waals surface area contributed by atoms with Gasteiger partial charge in [-0.2, -0.15) is 0 Å². The summed E-state index contributed by atoms with van der Waals surface area (Å²) < 4.78 is 0. The molecular formula is C15H19N3. The van der Waals surface area contributed by atoms with E-state index in [1.807, 2.05) is 6.07 Å². The molecule has 0 amide bonds. The van der Waals surface area contributed by atoms with Crippen molar-refractivity contribution in [2.75, 3.05) is 25.9 Å². The van der Waals surface area contributed by atoms with Crippen LogP contribution in [0.4, 0.5) is 5.69 Å². The minimum absolute atomic E-state index is 0.671. The minimum atomic E-state index is 0.671. The summed E-state index contributed by atoms with van der Waals surface area (Å²) in [6.07, 6.45) is 4.25. The largest absolute Gasteiger partial charge is 0.398 e. The average Bonchev–Trinajstić information content (AvgIpc) is 2.40. The molecule has 0 unspecified atom stereocenters. The summed E-state index contributed by atoms with van der Waals surface area (Å²) in [5.74, 6) is 0.671. The van der Waals surface area contributed by atoms with Gasteiger partial charge in [0.15, 0.2) is 0 Å². The lowest BCUT2D eigenvalue weighted by molar-refractivity contribution is 0.255. The Bertz CT molecular complexity index is 557. The molecule has 1 saturated heterocycles. The lowest BCUT2D eigenvalue weighted by Crippen LogP contribution is -2.29. The lowest BCUT2D eigenvalue weighted by Gasteiger charge is -2.29. The highest BCUT2D eigenvalue weighted by Crippen LogP contribution is 2.30. The molecule has 0 bridgehead atoms. The third kappa shape index (κ3) is 2.06. The summed E-state index contributed by atoms with van der Waals surface area (Å²) in [4.78, 5) is 6.75. The number of benzene rings is 1. The monoisotopic (exact) mass is 241 g/mol. The molecule has 0 saturated carbocycles. The maximum atomic E-state index is 6.03. The van der Waals surface area contributed by atoms with Crippen molar-refractivity contribution in [3.8, 4) is 0 Å². The van der Waals surface area contributed by atoms with Crippen LogP contribution in [-0.4, -0.2) is 30.0 Å². The number of likely N-dealkylation sites (tertiary alicyclic amines) is 1. The van der Waals surface area contributed by atoms with Crippen molar-refractivity contribution in [2.24, 2.45) is 0 Å². The van der Waals surface area contributed by atoms with E-state index in [-0.39, 0.29) is 0 Å². The van der Waals surface area contributed by atoms with E-state index in [1.165, 1.54) is 31.5 Å². The van der Waals surface area contributed by atoms with E-state index >= 15 is 0 Å². The molecule has 0 aliphatic carbocycles. The number of anilines is 1. The molecule has 1 aromatic heterocycles. The predicted octanol–water partition coefficient (Wildman–Crippen LogP) is 2.63. The summed E-state index contributed by atoms with van der Waals surface area (Å²) >= 11 is 0. The fraction of sp³-hybridized carbons (Fsp3) is 0.400. The van der Waals surface area contributed by atoms with Crippen molar-refractivity contribution < 1.29 is 0 Å². The van der Waals surface area contributed by atoms with Gasteiger partial charge in [-0.05, 0) is 62.7 Å². The highest BCUT2D eigenvalue weighted by molar-refractivity contribution is 5.90. The predicted molar refractivity (Wildman–Crippen MR) is 75.6 cm³/mol. The Labute approximate surface area is 108 Å². The fourth-order valence-corrected chi connectivity index (χ4v) is 2.78. The number of pyridine rings is 1. The van der Waals surface area contributed by atoms with Crippen LogP contribution in [-0.2, 0) is 0 Å². The normalized spacial score (nSPS) is 18.3. The van der Waals surface area contributed by atoms with Gasteiger partial charge in [-0.25, -0.2) is 0 Å². The highest BCUT2D eigenvalue weighted by atomic mass is 15.1. The Balaban J connectivity index is 1.95. The number of nitrogens with two attached hydrogens (primary N) is 1. The number of hydrogen-bond donors (Lipinski definition) is 1.